The fourth-order valence-corrected chi connectivity index (χ4v) is 4.47. The highest BCUT2D eigenvalue weighted by molar-refractivity contribution is 5.37. The average molecular weight is 364 g/mol. The van der Waals surface area contributed by atoms with Crippen LogP contribution < -0.4 is 5.32 Å². The van der Waals surface area contributed by atoms with Crippen LogP contribution in [-0.2, 0) is 23.3 Å². The van der Waals surface area contributed by atoms with E-state index in [9.17, 15) is 0 Å². The first-order chi connectivity index (χ1) is 13.2. The van der Waals surface area contributed by atoms with Gasteiger partial charge in [0.2, 0.25) is 5.95 Å². The summed E-state index contributed by atoms with van der Waals surface area (Å²) < 4.78 is 5.98. The van der Waals surface area contributed by atoms with E-state index < -0.39 is 0 Å². The molecule has 142 valence electrons. The molecule has 5 heteroatoms. The number of fused-ring (bicyclic) bond motifs is 2. The number of rotatable bonds is 5. The summed E-state index contributed by atoms with van der Waals surface area (Å²) in [5, 5.41) is 3.44. The predicted octanol–water partition coefficient (Wildman–Crippen LogP) is 3.28. The van der Waals surface area contributed by atoms with Gasteiger partial charge in [0.1, 0.15) is 0 Å². The minimum atomic E-state index is 0.00915. The number of anilines is 1. The van der Waals surface area contributed by atoms with E-state index in [-0.39, 0.29) is 5.41 Å². The van der Waals surface area contributed by atoms with E-state index in [1.165, 1.54) is 29.7 Å². The van der Waals surface area contributed by atoms with Crippen molar-refractivity contribution in [3.63, 3.8) is 0 Å². The van der Waals surface area contributed by atoms with Gasteiger partial charge in [0.15, 0.2) is 0 Å². The highest BCUT2D eigenvalue weighted by Crippen LogP contribution is 2.40. The molecule has 0 amide bonds. The third-order valence-electron chi connectivity index (χ3n) is 6.34. The number of benzene rings is 1. The number of nitrogens with zero attached hydrogens (tertiary/aromatic N) is 3. The summed E-state index contributed by atoms with van der Waals surface area (Å²) in [6.07, 6.45) is 5.75. The lowest BCUT2D eigenvalue weighted by molar-refractivity contribution is 0.0503. The van der Waals surface area contributed by atoms with Crippen LogP contribution in [0, 0.1) is 12.8 Å². The van der Waals surface area contributed by atoms with E-state index in [0.29, 0.717) is 6.61 Å². The molecule has 2 fully saturated rings. The SMILES string of the molecule is Cc1ccccc1CN1CCC2(COCc3cnc(NCC4CC4)nc32)C1. The lowest BCUT2D eigenvalue weighted by atomic mass is 9.80. The van der Waals surface area contributed by atoms with E-state index in [2.05, 4.69) is 46.4 Å². The van der Waals surface area contributed by atoms with Gasteiger partial charge in [-0.3, -0.25) is 4.90 Å². The van der Waals surface area contributed by atoms with Crippen molar-refractivity contribution in [2.24, 2.45) is 5.92 Å². The fraction of sp³-hybridized carbons (Fsp3) is 0.545. The molecule has 3 aliphatic rings. The van der Waals surface area contributed by atoms with E-state index >= 15 is 0 Å². The van der Waals surface area contributed by atoms with E-state index in [1.54, 1.807) is 0 Å². The minimum absolute atomic E-state index is 0.00915. The van der Waals surface area contributed by atoms with E-state index in [4.69, 9.17) is 9.72 Å². The maximum Gasteiger partial charge on any atom is 0.222 e. The second-order valence-corrected chi connectivity index (χ2v) is 8.55. The van der Waals surface area contributed by atoms with E-state index in [1.807, 2.05) is 6.20 Å². The van der Waals surface area contributed by atoms with Crippen LogP contribution in [0.15, 0.2) is 30.5 Å². The van der Waals surface area contributed by atoms with Crippen molar-refractivity contribution in [2.45, 2.75) is 44.8 Å². The fourth-order valence-electron chi connectivity index (χ4n) is 4.47. The molecule has 1 unspecified atom stereocenters. The molecule has 1 N–H and O–H groups in total. The second kappa shape index (κ2) is 6.88. The van der Waals surface area contributed by atoms with Crippen molar-refractivity contribution in [3.8, 4) is 0 Å². The van der Waals surface area contributed by atoms with Crippen LogP contribution in [0.5, 0.6) is 0 Å². The van der Waals surface area contributed by atoms with E-state index in [0.717, 1.165) is 56.6 Å². The standard InChI is InChI=1S/C22H28N4O/c1-16-4-2-3-5-18(16)12-26-9-8-22(14-26)15-27-13-19-11-24-21(25-20(19)22)23-10-17-6-7-17/h2-5,11,17H,6-10,12-15H2,1H3,(H,23,24,25). The van der Waals surface area contributed by atoms with Crippen molar-refractivity contribution < 1.29 is 4.74 Å². The third-order valence-corrected chi connectivity index (χ3v) is 6.34. The summed E-state index contributed by atoms with van der Waals surface area (Å²) in [4.78, 5) is 12.1. The number of aryl methyl sites for hydroxylation is 1. The molecule has 1 spiro atoms. The van der Waals surface area contributed by atoms with Crippen LogP contribution in [0.1, 0.15) is 41.6 Å². The Balaban J connectivity index is 1.36. The third kappa shape index (κ3) is 3.46. The van der Waals surface area contributed by atoms with Gasteiger partial charge < -0.3 is 10.1 Å². The summed E-state index contributed by atoms with van der Waals surface area (Å²) in [5.41, 5.74) is 5.17. The molecule has 1 aliphatic carbocycles. The van der Waals surface area contributed by atoms with Gasteiger partial charge >= 0.3 is 0 Å². The quantitative estimate of drug-likeness (QED) is 0.882. The van der Waals surface area contributed by atoms with Crippen molar-refractivity contribution in [3.05, 3.63) is 52.8 Å². The molecule has 27 heavy (non-hydrogen) atoms. The monoisotopic (exact) mass is 364 g/mol. The molecular formula is C22H28N4O. The highest BCUT2D eigenvalue weighted by atomic mass is 16.5. The first kappa shape index (κ1) is 17.1. The molecule has 1 aromatic carbocycles. The minimum Gasteiger partial charge on any atom is -0.376 e. The molecule has 5 rings (SSSR count). The summed E-state index contributed by atoms with van der Waals surface area (Å²) in [5.74, 6) is 1.61. The molecule has 1 atom stereocenters. The second-order valence-electron chi connectivity index (χ2n) is 8.55. The molecule has 3 heterocycles. The largest absolute Gasteiger partial charge is 0.376 e. The Bertz CT molecular complexity index is 835. The van der Waals surface area contributed by atoms with Crippen molar-refractivity contribution in [1.29, 1.82) is 0 Å². The van der Waals surface area contributed by atoms with Gasteiger partial charge in [0.05, 0.1) is 24.3 Å². The van der Waals surface area contributed by atoms with Crippen LogP contribution >= 0.6 is 0 Å². The topological polar surface area (TPSA) is 50.3 Å². The molecular weight excluding hydrogens is 336 g/mol. The van der Waals surface area contributed by atoms with Gasteiger partial charge in [-0.05, 0) is 49.8 Å². The average Bonchev–Trinajstić information content (AvgIpc) is 3.44. The summed E-state index contributed by atoms with van der Waals surface area (Å²) in [6, 6.07) is 8.69. The lowest BCUT2D eigenvalue weighted by Gasteiger charge is -2.34. The van der Waals surface area contributed by atoms with Crippen molar-refractivity contribution in [2.75, 3.05) is 31.6 Å². The Morgan fingerprint density at radius 3 is 3.04 bits per heavy atom. The molecule has 2 aromatic rings. The predicted molar refractivity (Wildman–Crippen MR) is 106 cm³/mol. The lowest BCUT2D eigenvalue weighted by Crippen LogP contribution is -2.40. The molecule has 2 aliphatic heterocycles. The molecule has 1 aromatic heterocycles. The molecule has 1 saturated carbocycles. The first-order valence-corrected chi connectivity index (χ1v) is 10.2. The maximum atomic E-state index is 5.98. The Hall–Kier alpha value is -1.98. The zero-order chi connectivity index (χ0) is 18.3. The van der Waals surface area contributed by atoms with Gasteiger partial charge in [-0.2, -0.15) is 0 Å². The summed E-state index contributed by atoms with van der Waals surface area (Å²) in [7, 11) is 0. The molecule has 0 radical (unpaired) electrons. The van der Waals surface area contributed by atoms with Gasteiger partial charge in [0.25, 0.3) is 0 Å². The highest BCUT2D eigenvalue weighted by Gasteiger charge is 2.45. The number of aromatic nitrogens is 2. The molecule has 5 nitrogen and oxygen atoms in total. The normalized spacial score (nSPS) is 24.9. The number of ether oxygens (including phenoxy) is 1. The summed E-state index contributed by atoms with van der Waals surface area (Å²) >= 11 is 0. The van der Waals surface area contributed by atoms with Gasteiger partial charge in [-0.25, -0.2) is 9.97 Å². The van der Waals surface area contributed by atoms with Crippen LogP contribution in [0.25, 0.3) is 0 Å². The Kier molecular flexibility index (Phi) is 4.37. The number of hydrogen-bond donors (Lipinski definition) is 1. The van der Waals surface area contributed by atoms with Gasteiger partial charge in [-0.15, -0.1) is 0 Å². The van der Waals surface area contributed by atoms with Crippen LogP contribution in [0.4, 0.5) is 5.95 Å². The van der Waals surface area contributed by atoms with Gasteiger partial charge in [-0.1, -0.05) is 24.3 Å². The Labute approximate surface area is 161 Å². The van der Waals surface area contributed by atoms with Crippen molar-refractivity contribution in [1.82, 2.24) is 14.9 Å². The van der Waals surface area contributed by atoms with Crippen molar-refractivity contribution >= 4 is 5.95 Å². The van der Waals surface area contributed by atoms with Crippen LogP contribution in [-0.4, -0.2) is 41.1 Å². The first-order valence-electron chi connectivity index (χ1n) is 10.2. The van der Waals surface area contributed by atoms with Gasteiger partial charge in [0, 0.05) is 31.4 Å². The number of likely N-dealkylation sites (tertiary alicyclic amines) is 1. The number of nitrogens with one attached hydrogen (secondary N) is 1. The Morgan fingerprint density at radius 1 is 1.30 bits per heavy atom. The Morgan fingerprint density at radius 2 is 2.19 bits per heavy atom. The smallest absolute Gasteiger partial charge is 0.222 e. The number of hydrogen-bond acceptors (Lipinski definition) is 5. The van der Waals surface area contributed by atoms with Crippen LogP contribution in [0.2, 0.25) is 0 Å². The molecule has 1 saturated heterocycles. The molecule has 0 bridgehead atoms. The zero-order valence-corrected chi connectivity index (χ0v) is 16.1. The maximum absolute atomic E-state index is 5.98. The zero-order valence-electron chi connectivity index (χ0n) is 16.1. The summed E-state index contributed by atoms with van der Waals surface area (Å²) in [6.45, 7) is 7.70. The van der Waals surface area contributed by atoms with Crippen LogP contribution in [0.3, 0.4) is 0 Å².